The van der Waals surface area contributed by atoms with Crippen molar-refractivity contribution in [1.82, 2.24) is 5.32 Å². The van der Waals surface area contributed by atoms with Crippen LogP contribution in [-0.2, 0) is 24.0 Å². The summed E-state index contributed by atoms with van der Waals surface area (Å²) in [6, 6.07) is -1.43. The molecule has 0 rings (SSSR count). The second kappa shape index (κ2) is 8.62. The van der Waals surface area contributed by atoms with Crippen molar-refractivity contribution in [3.8, 4) is 0 Å². The predicted octanol–water partition coefficient (Wildman–Crippen LogP) is -4.76. The molecule has 0 saturated heterocycles. The Balaban J connectivity index is 4.20. The molecule has 0 fully saturated rings. The number of nitrogens with one attached hydrogen (secondary N) is 1. The van der Waals surface area contributed by atoms with E-state index in [1.54, 1.807) is 0 Å². The quantitative estimate of drug-likeness (QED) is 0.390. The molecular formula is C11H12NO8-3. The molecule has 0 radical (unpaired) electrons. The van der Waals surface area contributed by atoms with E-state index >= 15 is 0 Å². The van der Waals surface area contributed by atoms with E-state index in [0.29, 0.717) is 0 Å². The topological polar surface area (TPSA) is 167 Å². The first-order valence-electron chi connectivity index (χ1n) is 5.68. The highest BCUT2D eigenvalue weighted by molar-refractivity contribution is 6.31. The molecular weight excluding hydrogens is 274 g/mol. The Morgan fingerprint density at radius 1 is 0.900 bits per heavy atom. The van der Waals surface area contributed by atoms with Crippen LogP contribution < -0.4 is 20.6 Å². The number of carboxylic acids is 3. The predicted molar refractivity (Wildman–Crippen MR) is 55.0 cm³/mol. The van der Waals surface area contributed by atoms with E-state index in [0.717, 1.165) is 0 Å². The van der Waals surface area contributed by atoms with Crippen LogP contribution in [0.1, 0.15) is 32.1 Å². The number of carbonyl (C=O) groups is 5. The second-order valence-electron chi connectivity index (χ2n) is 3.91. The van der Waals surface area contributed by atoms with Gasteiger partial charge in [-0.15, -0.1) is 0 Å². The van der Waals surface area contributed by atoms with Crippen molar-refractivity contribution in [1.29, 1.82) is 0 Å². The number of ketones is 1. The van der Waals surface area contributed by atoms with Gasteiger partial charge in [0.25, 0.3) is 0 Å². The van der Waals surface area contributed by atoms with Crippen LogP contribution in [-0.4, -0.2) is 35.6 Å². The van der Waals surface area contributed by atoms with Crippen molar-refractivity contribution < 1.29 is 39.3 Å². The Morgan fingerprint density at radius 2 is 1.50 bits per heavy atom. The van der Waals surface area contributed by atoms with Crippen LogP contribution in [0.4, 0.5) is 0 Å². The lowest BCUT2D eigenvalue weighted by molar-refractivity contribution is -0.308. The minimum atomic E-state index is -1.87. The fourth-order valence-electron chi connectivity index (χ4n) is 1.30. The molecule has 1 atom stereocenters. The van der Waals surface area contributed by atoms with Crippen molar-refractivity contribution in [2.24, 2.45) is 0 Å². The zero-order chi connectivity index (χ0) is 15.7. The van der Waals surface area contributed by atoms with Crippen molar-refractivity contribution in [3.05, 3.63) is 0 Å². The largest absolute Gasteiger partial charge is 0.550 e. The summed E-state index contributed by atoms with van der Waals surface area (Å²) in [5, 5.41) is 33.0. The van der Waals surface area contributed by atoms with Gasteiger partial charge in [-0.3, -0.25) is 9.59 Å². The zero-order valence-corrected chi connectivity index (χ0v) is 10.4. The van der Waals surface area contributed by atoms with E-state index in [1.807, 2.05) is 5.32 Å². The smallest absolute Gasteiger partial charge is 0.220 e. The first kappa shape index (κ1) is 17.6. The Labute approximate surface area is 113 Å². The molecule has 0 aliphatic rings. The molecule has 0 heterocycles. The summed E-state index contributed by atoms with van der Waals surface area (Å²) in [5.41, 5.74) is 0. The molecule has 0 aliphatic carbocycles. The fourth-order valence-corrected chi connectivity index (χ4v) is 1.30. The molecule has 1 amide bonds. The number of hydrogen-bond acceptors (Lipinski definition) is 8. The molecule has 112 valence electrons. The third-order valence-electron chi connectivity index (χ3n) is 2.30. The molecule has 9 nitrogen and oxygen atoms in total. The van der Waals surface area contributed by atoms with Crippen molar-refractivity contribution in [2.45, 2.75) is 38.1 Å². The Kier molecular flexibility index (Phi) is 7.56. The van der Waals surface area contributed by atoms with Crippen LogP contribution in [0.2, 0.25) is 0 Å². The Morgan fingerprint density at radius 3 is 1.95 bits per heavy atom. The average Bonchev–Trinajstić information content (AvgIpc) is 2.34. The van der Waals surface area contributed by atoms with Crippen LogP contribution in [0.5, 0.6) is 0 Å². The lowest BCUT2D eigenvalue weighted by atomic mass is 10.1. The molecule has 1 N–H and O–H groups in total. The Hall–Kier alpha value is -2.45. The summed E-state index contributed by atoms with van der Waals surface area (Å²) < 4.78 is 0. The van der Waals surface area contributed by atoms with Crippen LogP contribution in [0, 0.1) is 0 Å². The summed E-state index contributed by atoms with van der Waals surface area (Å²) in [6.07, 6.45) is -1.77. The maximum atomic E-state index is 11.2. The normalized spacial score (nSPS) is 11.4. The summed E-state index contributed by atoms with van der Waals surface area (Å²) in [5.74, 6) is -6.94. The van der Waals surface area contributed by atoms with E-state index < -0.39 is 54.9 Å². The van der Waals surface area contributed by atoms with Gasteiger partial charge in [0.15, 0.2) is 5.78 Å². The third kappa shape index (κ3) is 7.80. The third-order valence-corrected chi connectivity index (χ3v) is 2.30. The monoisotopic (exact) mass is 286 g/mol. The van der Waals surface area contributed by atoms with E-state index in [1.165, 1.54) is 0 Å². The summed E-state index contributed by atoms with van der Waals surface area (Å²) in [6.45, 7) is 0. The van der Waals surface area contributed by atoms with Gasteiger partial charge in [0.05, 0.1) is 12.0 Å². The standard InChI is InChI=1S/C11H15NO8/c13-7(11(19)20)3-1-2-6(10(17)18)12-8(14)4-5-9(15)16/h6H,1-5H2,(H,12,14)(H,15,16)(H,17,18)(H,19,20)/p-3. The van der Waals surface area contributed by atoms with Crippen molar-refractivity contribution in [2.75, 3.05) is 0 Å². The first-order chi connectivity index (χ1) is 9.23. The SMILES string of the molecule is O=C([O-])CCC(=O)NC(CCCC(=O)C(=O)[O-])C(=O)[O-]. The van der Waals surface area contributed by atoms with Gasteiger partial charge in [0.1, 0.15) is 5.97 Å². The lowest BCUT2D eigenvalue weighted by Crippen LogP contribution is -2.48. The molecule has 0 aromatic heterocycles. The number of aliphatic carboxylic acids is 3. The summed E-state index contributed by atoms with van der Waals surface area (Å²) in [4.78, 5) is 52.9. The van der Waals surface area contributed by atoms with Crippen molar-refractivity contribution in [3.63, 3.8) is 0 Å². The van der Waals surface area contributed by atoms with Gasteiger partial charge in [-0.25, -0.2) is 0 Å². The van der Waals surface area contributed by atoms with Crippen LogP contribution in [0.15, 0.2) is 0 Å². The molecule has 9 heteroatoms. The minimum absolute atomic E-state index is 0.105. The number of rotatable bonds is 10. The van der Waals surface area contributed by atoms with Gasteiger partial charge in [0, 0.05) is 18.8 Å². The molecule has 0 aromatic carbocycles. The highest BCUT2D eigenvalue weighted by Crippen LogP contribution is 2.02. The van der Waals surface area contributed by atoms with Gasteiger partial charge in [-0.1, -0.05) is 0 Å². The number of Topliss-reactive ketones (excluding diaryl/α,β-unsaturated/α-hetero) is 1. The lowest BCUT2D eigenvalue weighted by Gasteiger charge is -2.19. The van der Waals surface area contributed by atoms with Crippen LogP contribution in [0.3, 0.4) is 0 Å². The van der Waals surface area contributed by atoms with E-state index in [2.05, 4.69) is 0 Å². The maximum absolute atomic E-state index is 11.2. The number of hydrogen-bond donors (Lipinski definition) is 1. The molecule has 0 saturated carbocycles. The highest BCUT2D eigenvalue weighted by Gasteiger charge is 2.14. The van der Waals surface area contributed by atoms with Crippen LogP contribution in [0.25, 0.3) is 0 Å². The molecule has 0 bridgehead atoms. The van der Waals surface area contributed by atoms with E-state index in [9.17, 15) is 39.3 Å². The van der Waals surface area contributed by atoms with E-state index in [4.69, 9.17) is 0 Å². The molecule has 20 heavy (non-hydrogen) atoms. The molecule has 0 spiro atoms. The fraction of sp³-hybridized carbons (Fsp3) is 0.545. The second-order valence-corrected chi connectivity index (χ2v) is 3.91. The highest BCUT2D eigenvalue weighted by atomic mass is 16.4. The van der Waals surface area contributed by atoms with Crippen LogP contribution >= 0.6 is 0 Å². The maximum Gasteiger partial charge on any atom is 0.220 e. The van der Waals surface area contributed by atoms with E-state index in [-0.39, 0.29) is 12.8 Å². The average molecular weight is 286 g/mol. The Bertz CT molecular complexity index is 417. The molecule has 0 aliphatic heterocycles. The van der Waals surface area contributed by atoms with Gasteiger partial charge in [-0.2, -0.15) is 0 Å². The van der Waals surface area contributed by atoms with Gasteiger partial charge < -0.3 is 35.0 Å². The summed E-state index contributed by atoms with van der Waals surface area (Å²) >= 11 is 0. The number of amides is 1. The summed E-state index contributed by atoms with van der Waals surface area (Å²) in [7, 11) is 0. The van der Waals surface area contributed by atoms with Gasteiger partial charge in [0.2, 0.25) is 5.91 Å². The van der Waals surface area contributed by atoms with Crippen molar-refractivity contribution >= 4 is 29.6 Å². The minimum Gasteiger partial charge on any atom is -0.550 e. The van der Waals surface area contributed by atoms with Gasteiger partial charge in [-0.05, 0) is 19.3 Å². The zero-order valence-electron chi connectivity index (χ0n) is 10.4. The first-order valence-corrected chi connectivity index (χ1v) is 5.68. The molecule has 0 aromatic rings. The molecule has 1 unspecified atom stereocenters. The van der Waals surface area contributed by atoms with Gasteiger partial charge >= 0.3 is 0 Å². The number of carboxylic acid groups (broad SMARTS) is 3. The number of carbonyl (C=O) groups excluding carboxylic acids is 5.